The van der Waals surface area contributed by atoms with Crippen LogP contribution in [0.5, 0.6) is 0 Å². The highest BCUT2D eigenvalue weighted by Gasteiger charge is 2.03. The third-order valence-corrected chi connectivity index (χ3v) is 1.80. The number of carbonyl (C=O) groups excluding carboxylic acids is 1. The van der Waals surface area contributed by atoms with E-state index in [1.165, 1.54) is 0 Å². The van der Waals surface area contributed by atoms with Crippen molar-refractivity contribution in [1.82, 2.24) is 25.6 Å². The van der Waals surface area contributed by atoms with Crippen LogP contribution in [0, 0.1) is 5.92 Å². The zero-order valence-corrected chi connectivity index (χ0v) is 9.32. The third kappa shape index (κ3) is 3.97. The third-order valence-electron chi connectivity index (χ3n) is 1.80. The fourth-order valence-electron chi connectivity index (χ4n) is 1.14. The van der Waals surface area contributed by atoms with Crippen LogP contribution >= 0.6 is 0 Å². The number of aromatic nitrogens is 3. The Hall–Kier alpha value is -1.59. The molecule has 6 nitrogen and oxygen atoms in total. The summed E-state index contributed by atoms with van der Waals surface area (Å²) in [5.74, 6) is 0.534. The van der Waals surface area contributed by atoms with Crippen molar-refractivity contribution in [3.8, 4) is 0 Å². The summed E-state index contributed by atoms with van der Waals surface area (Å²) in [5.41, 5.74) is 0.763. The Bertz CT molecular complexity index is 320. The molecule has 84 valence electrons. The Morgan fingerprint density at radius 3 is 2.93 bits per heavy atom. The van der Waals surface area contributed by atoms with E-state index in [4.69, 9.17) is 0 Å². The molecule has 15 heavy (non-hydrogen) atoms. The number of rotatable bonds is 4. The number of amides is 2. The van der Waals surface area contributed by atoms with Gasteiger partial charge in [-0.25, -0.2) is 4.79 Å². The highest BCUT2D eigenvalue weighted by atomic mass is 16.2. The van der Waals surface area contributed by atoms with E-state index in [-0.39, 0.29) is 6.03 Å². The largest absolute Gasteiger partial charge is 0.341 e. The second kappa shape index (κ2) is 5.33. The van der Waals surface area contributed by atoms with Gasteiger partial charge in [0.25, 0.3) is 0 Å². The molecule has 0 radical (unpaired) electrons. The maximum Gasteiger partial charge on any atom is 0.314 e. The van der Waals surface area contributed by atoms with Gasteiger partial charge in [-0.1, -0.05) is 19.1 Å². The fraction of sp³-hybridized carbons (Fsp3) is 0.667. The summed E-state index contributed by atoms with van der Waals surface area (Å²) < 4.78 is 1.78. The highest BCUT2D eigenvalue weighted by Crippen LogP contribution is 1.98. The Labute approximate surface area is 89.0 Å². The van der Waals surface area contributed by atoms with Gasteiger partial charge in [0.05, 0.1) is 12.7 Å². The molecular weight excluding hydrogens is 194 g/mol. The zero-order chi connectivity index (χ0) is 11.3. The number of hydrogen-bond acceptors (Lipinski definition) is 3. The smallest absolute Gasteiger partial charge is 0.314 e. The molecule has 1 heterocycles. The molecule has 0 aliphatic carbocycles. The Morgan fingerprint density at radius 2 is 2.33 bits per heavy atom. The molecule has 0 spiro atoms. The van der Waals surface area contributed by atoms with E-state index < -0.39 is 0 Å². The summed E-state index contributed by atoms with van der Waals surface area (Å²) >= 11 is 0. The molecule has 2 N–H and O–H groups in total. The van der Waals surface area contributed by atoms with Gasteiger partial charge in [0.15, 0.2) is 0 Å². The van der Waals surface area contributed by atoms with Crippen LogP contribution in [0.15, 0.2) is 6.20 Å². The first-order valence-corrected chi connectivity index (χ1v) is 4.96. The molecule has 0 aromatic carbocycles. The quantitative estimate of drug-likeness (QED) is 0.755. The maximum atomic E-state index is 10.9. The minimum atomic E-state index is -0.214. The molecule has 6 heteroatoms. The molecule has 1 aromatic heterocycles. The van der Waals surface area contributed by atoms with Gasteiger partial charge >= 0.3 is 6.03 Å². The Morgan fingerprint density at radius 1 is 1.60 bits per heavy atom. The van der Waals surface area contributed by atoms with E-state index in [1.807, 2.05) is 6.20 Å². The van der Waals surface area contributed by atoms with Gasteiger partial charge in [0.1, 0.15) is 5.69 Å². The molecule has 0 aliphatic rings. The minimum Gasteiger partial charge on any atom is -0.341 e. The van der Waals surface area contributed by atoms with Crippen LogP contribution in [-0.4, -0.2) is 28.1 Å². The van der Waals surface area contributed by atoms with Crippen LogP contribution in [0.25, 0.3) is 0 Å². The predicted molar refractivity (Wildman–Crippen MR) is 56.2 cm³/mol. The van der Waals surface area contributed by atoms with Crippen LogP contribution < -0.4 is 10.6 Å². The van der Waals surface area contributed by atoms with Crippen LogP contribution in [0.1, 0.15) is 19.5 Å². The van der Waals surface area contributed by atoms with Crippen molar-refractivity contribution in [3.05, 3.63) is 11.9 Å². The summed E-state index contributed by atoms with van der Waals surface area (Å²) in [7, 11) is 1.57. The van der Waals surface area contributed by atoms with Crippen molar-refractivity contribution in [2.75, 3.05) is 7.05 Å². The predicted octanol–water partition coefficient (Wildman–Crippen LogP) is 0.363. The van der Waals surface area contributed by atoms with E-state index in [0.717, 1.165) is 12.2 Å². The van der Waals surface area contributed by atoms with Crippen molar-refractivity contribution in [2.45, 2.75) is 26.9 Å². The maximum absolute atomic E-state index is 10.9. The van der Waals surface area contributed by atoms with Crippen molar-refractivity contribution in [3.63, 3.8) is 0 Å². The second-order valence-corrected chi connectivity index (χ2v) is 3.76. The van der Waals surface area contributed by atoms with E-state index in [1.54, 1.807) is 11.7 Å². The van der Waals surface area contributed by atoms with Crippen LogP contribution in [0.4, 0.5) is 4.79 Å². The van der Waals surface area contributed by atoms with E-state index in [9.17, 15) is 4.79 Å². The molecule has 1 aromatic rings. The van der Waals surface area contributed by atoms with Crippen molar-refractivity contribution < 1.29 is 4.79 Å². The monoisotopic (exact) mass is 211 g/mol. The lowest BCUT2D eigenvalue weighted by atomic mass is 10.2. The molecule has 0 bridgehead atoms. The summed E-state index contributed by atoms with van der Waals surface area (Å²) in [6.45, 7) is 5.47. The molecule has 0 atom stereocenters. The highest BCUT2D eigenvalue weighted by molar-refractivity contribution is 5.73. The van der Waals surface area contributed by atoms with Crippen LogP contribution in [0.2, 0.25) is 0 Å². The van der Waals surface area contributed by atoms with Gasteiger partial charge < -0.3 is 10.6 Å². The minimum absolute atomic E-state index is 0.214. The number of nitrogens with zero attached hydrogens (tertiary/aromatic N) is 3. The summed E-state index contributed by atoms with van der Waals surface area (Å²) in [6, 6.07) is -0.214. The van der Waals surface area contributed by atoms with Crippen molar-refractivity contribution in [1.29, 1.82) is 0 Å². The van der Waals surface area contributed by atoms with Gasteiger partial charge in [-0.05, 0) is 5.92 Å². The topological polar surface area (TPSA) is 71.8 Å². The first kappa shape index (κ1) is 11.5. The molecule has 0 saturated carbocycles. The van der Waals surface area contributed by atoms with Gasteiger partial charge in [0, 0.05) is 13.6 Å². The van der Waals surface area contributed by atoms with Gasteiger partial charge in [0.2, 0.25) is 0 Å². The van der Waals surface area contributed by atoms with Crippen molar-refractivity contribution >= 4 is 6.03 Å². The molecular formula is C9H17N5O. The summed E-state index contributed by atoms with van der Waals surface area (Å²) in [4.78, 5) is 10.9. The average molecular weight is 211 g/mol. The van der Waals surface area contributed by atoms with Gasteiger partial charge in [-0.3, -0.25) is 4.68 Å². The lowest BCUT2D eigenvalue weighted by Gasteiger charge is -2.02. The number of hydrogen-bond donors (Lipinski definition) is 2. The Balaban J connectivity index is 2.42. The number of carbonyl (C=O) groups is 1. The molecule has 0 unspecified atom stereocenters. The van der Waals surface area contributed by atoms with Gasteiger partial charge in [-0.15, -0.1) is 5.10 Å². The normalized spacial score (nSPS) is 10.4. The van der Waals surface area contributed by atoms with E-state index in [0.29, 0.717) is 12.5 Å². The van der Waals surface area contributed by atoms with Crippen molar-refractivity contribution in [2.24, 2.45) is 5.92 Å². The first-order chi connectivity index (χ1) is 7.11. The molecule has 0 aliphatic heterocycles. The second-order valence-electron chi connectivity index (χ2n) is 3.76. The van der Waals surface area contributed by atoms with Crippen LogP contribution in [-0.2, 0) is 13.1 Å². The number of nitrogens with one attached hydrogen (secondary N) is 2. The van der Waals surface area contributed by atoms with Gasteiger partial charge in [-0.2, -0.15) is 0 Å². The zero-order valence-electron chi connectivity index (χ0n) is 9.32. The van der Waals surface area contributed by atoms with Crippen LogP contribution in [0.3, 0.4) is 0 Å². The Kier molecular flexibility index (Phi) is 4.08. The summed E-state index contributed by atoms with van der Waals surface area (Å²) in [5, 5.41) is 13.0. The standard InChI is InChI=1S/C9H17N5O/c1-7(2)5-14-6-8(12-13-14)4-11-9(15)10-3/h6-7H,4-5H2,1-3H3,(H2,10,11,15). The SMILES string of the molecule is CNC(=O)NCc1cn(CC(C)C)nn1. The lowest BCUT2D eigenvalue weighted by Crippen LogP contribution is -2.32. The molecule has 2 amide bonds. The first-order valence-electron chi connectivity index (χ1n) is 4.96. The van der Waals surface area contributed by atoms with E-state index >= 15 is 0 Å². The average Bonchev–Trinajstić information content (AvgIpc) is 2.61. The molecule has 1 rings (SSSR count). The lowest BCUT2D eigenvalue weighted by molar-refractivity contribution is 0.242. The molecule has 0 saturated heterocycles. The molecule has 0 fully saturated rings. The van der Waals surface area contributed by atoms with E-state index in [2.05, 4.69) is 34.8 Å². The fourth-order valence-corrected chi connectivity index (χ4v) is 1.14. The number of urea groups is 1. The summed E-state index contributed by atoms with van der Waals surface area (Å²) in [6.07, 6.45) is 1.84.